The van der Waals surface area contributed by atoms with E-state index in [2.05, 4.69) is 117 Å². The number of unbranched alkanes of at least 4 members (excludes halogenated alkanes) is 2. The Balaban J connectivity index is 1.73. The first-order valence-electron chi connectivity index (χ1n) is 17.9. The van der Waals surface area contributed by atoms with E-state index in [1.54, 1.807) is 0 Å². The first-order chi connectivity index (χ1) is 22.1. The number of nitrogens with one attached hydrogen (secondary N) is 3. The van der Waals surface area contributed by atoms with Gasteiger partial charge in [0.2, 0.25) is 0 Å². The minimum atomic E-state index is -0.0586. The van der Waals surface area contributed by atoms with Gasteiger partial charge in [-0.3, -0.25) is 0 Å². The van der Waals surface area contributed by atoms with Crippen LogP contribution < -0.4 is 16.0 Å². The van der Waals surface area contributed by atoms with Gasteiger partial charge in [-0.15, -0.1) is 0 Å². The zero-order valence-corrected chi connectivity index (χ0v) is 29.6. The van der Waals surface area contributed by atoms with E-state index in [9.17, 15) is 0 Å². The Morgan fingerprint density at radius 1 is 1.00 bits per heavy atom. The van der Waals surface area contributed by atoms with E-state index in [4.69, 9.17) is 6.58 Å². The largest absolute Gasteiger partial charge is 0.382 e. The Hall–Kier alpha value is -3.60. The van der Waals surface area contributed by atoms with Gasteiger partial charge in [0.25, 0.3) is 0 Å². The predicted octanol–water partition coefficient (Wildman–Crippen LogP) is 9.44. The van der Waals surface area contributed by atoms with Gasteiger partial charge in [0.15, 0.2) is 0 Å². The second-order valence-corrected chi connectivity index (χ2v) is 13.6. The Labute approximate surface area is 280 Å². The number of piperidine rings is 1. The molecule has 5 heteroatoms. The van der Waals surface area contributed by atoms with Gasteiger partial charge < -0.3 is 25.4 Å². The lowest BCUT2D eigenvalue weighted by molar-refractivity contribution is 0.188. The van der Waals surface area contributed by atoms with Crippen molar-refractivity contribution < 1.29 is 0 Å². The lowest BCUT2D eigenvalue weighted by atomic mass is 9.91. The third-order valence-corrected chi connectivity index (χ3v) is 10.4. The molecule has 2 saturated heterocycles. The summed E-state index contributed by atoms with van der Waals surface area (Å²) < 4.78 is 2.40. The molecule has 5 nitrogen and oxygen atoms in total. The highest BCUT2D eigenvalue weighted by atomic mass is 15.2. The van der Waals surface area contributed by atoms with Crippen LogP contribution in [0.3, 0.4) is 0 Å². The van der Waals surface area contributed by atoms with Crippen molar-refractivity contribution in [1.82, 2.24) is 25.4 Å². The van der Waals surface area contributed by atoms with Crippen LogP contribution in [-0.4, -0.2) is 40.7 Å². The molecule has 1 aromatic carbocycles. The van der Waals surface area contributed by atoms with Crippen molar-refractivity contribution in [2.45, 2.75) is 117 Å². The Bertz CT molecular complexity index is 1450. The normalized spacial score (nSPS) is 22.5. The Morgan fingerprint density at radius 3 is 2.48 bits per heavy atom. The highest BCUT2D eigenvalue weighted by molar-refractivity contribution is 5.87. The minimum absolute atomic E-state index is 0.0586. The molecular weight excluding hydrogens is 562 g/mol. The quantitative estimate of drug-likeness (QED) is 0.172. The molecule has 0 bridgehead atoms. The summed E-state index contributed by atoms with van der Waals surface area (Å²) in [5.41, 5.74) is 10.5. The fourth-order valence-corrected chi connectivity index (χ4v) is 7.24. The molecule has 0 aliphatic carbocycles. The topological polar surface area (TPSA) is 44.3 Å². The zero-order chi connectivity index (χ0) is 33.4. The molecule has 0 amide bonds. The lowest BCUT2D eigenvalue weighted by Crippen LogP contribution is -2.52. The zero-order valence-electron chi connectivity index (χ0n) is 29.6. The monoisotopic (exact) mass is 623 g/mol. The van der Waals surface area contributed by atoms with E-state index in [1.807, 2.05) is 0 Å². The summed E-state index contributed by atoms with van der Waals surface area (Å²) in [6.07, 6.45) is 13.3. The van der Waals surface area contributed by atoms with E-state index < -0.39 is 0 Å². The van der Waals surface area contributed by atoms with Crippen LogP contribution in [-0.2, 0) is 6.42 Å². The first kappa shape index (κ1) is 35.3. The van der Waals surface area contributed by atoms with Crippen LogP contribution in [0.4, 0.5) is 0 Å². The molecule has 2 aliphatic rings. The summed E-state index contributed by atoms with van der Waals surface area (Å²) >= 11 is 0. The van der Waals surface area contributed by atoms with Gasteiger partial charge >= 0.3 is 0 Å². The average molecular weight is 624 g/mol. The van der Waals surface area contributed by atoms with Crippen LogP contribution in [0.25, 0.3) is 16.6 Å². The number of hydrogen-bond acceptors (Lipinski definition) is 4. The number of nitrogens with zero attached hydrogens (tertiary/aromatic N) is 2. The molecule has 3 N–H and O–H groups in total. The highest BCUT2D eigenvalue weighted by Crippen LogP contribution is 2.33. The smallest absolute Gasteiger partial charge is 0.0692 e. The maximum absolute atomic E-state index is 4.70. The molecule has 250 valence electrons. The van der Waals surface area contributed by atoms with Crippen LogP contribution >= 0.6 is 0 Å². The van der Waals surface area contributed by atoms with Gasteiger partial charge in [0.1, 0.15) is 0 Å². The molecule has 2 fully saturated rings. The first-order valence-corrected chi connectivity index (χ1v) is 17.9. The van der Waals surface area contributed by atoms with Gasteiger partial charge in [-0.05, 0) is 68.6 Å². The lowest BCUT2D eigenvalue weighted by Gasteiger charge is -2.44. The molecule has 0 saturated carbocycles. The van der Waals surface area contributed by atoms with Gasteiger partial charge in [-0.1, -0.05) is 104 Å². The number of hydrogen-bond donors (Lipinski definition) is 3. The van der Waals surface area contributed by atoms with Crippen molar-refractivity contribution in [3.05, 3.63) is 103 Å². The van der Waals surface area contributed by atoms with E-state index >= 15 is 0 Å². The van der Waals surface area contributed by atoms with E-state index in [1.165, 1.54) is 65.4 Å². The van der Waals surface area contributed by atoms with Crippen molar-refractivity contribution in [1.29, 1.82) is 0 Å². The van der Waals surface area contributed by atoms with Crippen molar-refractivity contribution >= 4 is 16.6 Å². The molecule has 2 aliphatic heterocycles. The maximum Gasteiger partial charge on any atom is 0.0692 e. The van der Waals surface area contributed by atoms with E-state index in [0.717, 1.165) is 61.4 Å². The van der Waals surface area contributed by atoms with Crippen LogP contribution in [0.2, 0.25) is 0 Å². The maximum atomic E-state index is 4.70. The average Bonchev–Trinajstić information content (AvgIpc) is 3.44. The van der Waals surface area contributed by atoms with Gasteiger partial charge in [-0.2, -0.15) is 0 Å². The Kier molecular flexibility index (Phi) is 12.5. The fourth-order valence-electron chi connectivity index (χ4n) is 7.24. The van der Waals surface area contributed by atoms with Crippen molar-refractivity contribution in [3.8, 4) is 0 Å². The van der Waals surface area contributed by atoms with Crippen molar-refractivity contribution in [3.63, 3.8) is 0 Å². The Morgan fingerprint density at radius 2 is 1.76 bits per heavy atom. The number of benzene rings is 1. The summed E-state index contributed by atoms with van der Waals surface area (Å²) in [5.74, 6) is 0.396. The van der Waals surface area contributed by atoms with Crippen molar-refractivity contribution in [2.24, 2.45) is 5.92 Å². The number of para-hydroxylation sites is 1. The third kappa shape index (κ3) is 8.03. The van der Waals surface area contributed by atoms with Gasteiger partial charge in [0, 0.05) is 53.0 Å². The summed E-state index contributed by atoms with van der Waals surface area (Å²) in [6.45, 7) is 35.7. The summed E-state index contributed by atoms with van der Waals surface area (Å²) in [5, 5.41) is 12.6. The molecule has 46 heavy (non-hydrogen) atoms. The van der Waals surface area contributed by atoms with Crippen molar-refractivity contribution in [2.75, 3.05) is 13.1 Å². The second-order valence-electron chi connectivity index (χ2n) is 13.6. The summed E-state index contributed by atoms with van der Waals surface area (Å²) in [6, 6.07) is 9.06. The highest BCUT2D eigenvalue weighted by Gasteiger charge is 2.33. The second kappa shape index (κ2) is 16.3. The van der Waals surface area contributed by atoms with E-state index in [-0.39, 0.29) is 18.1 Å². The van der Waals surface area contributed by atoms with Gasteiger partial charge in [-0.25, -0.2) is 0 Å². The fraction of sp³-hybridized carbons (Fsp3) is 0.512. The van der Waals surface area contributed by atoms with E-state index in [0.29, 0.717) is 12.5 Å². The van der Waals surface area contributed by atoms with Crippen LogP contribution in [0.15, 0.2) is 97.3 Å². The molecule has 4 atom stereocenters. The van der Waals surface area contributed by atoms with Gasteiger partial charge in [0.05, 0.1) is 30.2 Å². The SMILES string of the molecule is C=C1CNC(=C)C2CCCCN2C(=C)C(C(C)CC)NC(=C)C(Cc2cn(/C(C)=C(\CCCCC)C(=C)CC)c3ccccc23)N1. The van der Waals surface area contributed by atoms with Crippen LogP contribution in [0.5, 0.6) is 0 Å². The number of rotatable bonds is 11. The predicted molar refractivity (Wildman–Crippen MR) is 200 cm³/mol. The standard InChI is InChI=1S/C41H61N5/c1-11-14-15-20-36(28(4)12-2)33(9)46-27-35(37-21-16-17-23-40(37)46)25-38-31(7)44-41(29(5)13-3)34(10)45-24-19-18-22-39(45)32(8)42-26-30(6)43-38/h16-17,21,23,27,29,38-39,41-44H,4,6-8,10-15,18-20,22,24-26H2,1-3,5,9H3/b36-33+. The minimum Gasteiger partial charge on any atom is -0.382 e. The summed E-state index contributed by atoms with van der Waals surface area (Å²) in [4.78, 5) is 2.49. The van der Waals surface area contributed by atoms with Crippen LogP contribution in [0, 0.1) is 5.92 Å². The number of aromatic nitrogens is 1. The third-order valence-electron chi connectivity index (χ3n) is 10.4. The molecular formula is C41H61N5. The van der Waals surface area contributed by atoms with Crippen LogP contribution in [0.1, 0.15) is 98.0 Å². The molecule has 2 aromatic rings. The molecule has 1 aromatic heterocycles. The molecule has 0 radical (unpaired) electrons. The number of allylic oxidation sites excluding steroid dienone is 3. The molecule has 4 rings (SSSR count). The number of fused-ring (bicyclic) bond motifs is 2. The molecule has 0 spiro atoms. The molecule has 4 unspecified atom stereocenters. The molecule has 3 heterocycles. The summed E-state index contributed by atoms with van der Waals surface area (Å²) in [7, 11) is 0.